The second-order valence-electron chi connectivity index (χ2n) is 3.82. The van der Waals surface area contributed by atoms with Crippen LogP contribution in [0.5, 0.6) is 0 Å². The molecule has 0 amide bonds. The van der Waals surface area contributed by atoms with Crippen LogP contribution in [0.2, 0.25) is 0 Å². The van der Waals surface area contributed by atoms with E-state index in [4.69, 9.17) is 21.1 Å². The van der Waals surface area contributed by atoms with Gasteiger partial charge in [-0.15, -0.1) is 11.6 Å². The van der Waals surface area contributed by atoms with Gasteiger partial charge in [0.2, 0.25) is 0 Å². The first-order chi connectivity index (χ1) is 5.55. The molecule has 0 radical (unpaired) electrons. The van der Waals surface area contributed by atoms with Gasteiger partial charge in [-0.25, -0.2) is 0 Å². The zero-order chi connectivity index (χ0) is 9.61. The summed E-state index contributed by atoms with van der Waals surface area (Å²) in [6, 6.07) is 0. The lowest BCUT2D eigenvalue weighted by Crippen LogP contribution is -2.27. The topological polar surface area (TPSA) is 18.5 Å². The minimum atomic E-state index is 0.126. The van der Waals surface area contributed by atoms with Gasteiger partial charge in [0.15, 0.2) is 0 Å². The summed E-state index contributed by atoms with van der Waals surface area (Å²) in [6.45, 7) is 4.89. The van der Waals surface area contributed by atoms with Crippen LogP contribution in [-0.4, -0.2) is 32.8 Å². The fraction of sp³-hybridized carbons (Fsp3) is 1.00. The highest BCUT2D eigenvalue weighted by Crippen LogP contribution is 2.24. The molecule has 0 saturated carbocycles. The lowest BCUT2D eigenvalue weighted by molar-refractivity contribution is 0.00559. The van der Waals surface area contributed by atoms with Crippen LogP contribution >= 0.6 is 11.6 Å². The summed E-state index contributed by atoms with van der Waals surface area (Å²) in [5, 5.41) is 0. The summed E-state index contributed by atoms with van der Waals surface area (Å²) in [4.78, 5) is 0. The van der Waals surface area contributed by atoms with E-state index in [2.05, 4.69) is 13.8 Å². The van der Waals surface area contributed by atoms with Crippen molar-refractivity contribution in [2.75, 3.05) is 26.7 Å². The lowest BCUT2D eigenvalue weighted by atomic mass is 9.89. The Balaban J connectivity index is 3.83. The molecule has 0 bridgehead atoms. The molecule has 1 unspecified atom stereocenters. The first-order valence-corrected chi connectivity index (χ1v) is 4.67. The zero-order valence-corrected chi connectivity index (χ0v) is 9.15. The van der Waals surface area contributed by atoms with Crippen molar-refractivity contribution in [3.63, 3.8) is 0 Å². The molecule has 0 aliphatic carbocycles. The van der Waals surface area contributed by atoms with Crippen LogP contribution in [0.1, 0.15) is 20.3 Å². The Morgan fingerprint density at radius 1 is 1.33 bits per heavy atom. The van der Waals surface area contributed by atoms with E-state index in [1.54, 1.807) is 14.2 Å². The van der Waals surface area contributed by atoms with Gasteiger partial charge in [0.25, 0.3) is 0 Å². The fourth-order valence-corrected chi connectivity index (χ4v) is 1.18. The van der Waals surface area contributed by atoms with Gasteiger partial charge >= 0.3 is 0 Å². The number of hydrogen-bond donors (Lipinski definition) is 0. The van der Waals surface area contributed by atoms with Crippen molar-refractivity contribution >= 4 is 11.6 Å². The molecule has 0 aliphatic heterocycles. The van der Waals surface area contributed by atoms with Crippen LogP contribution < -0.4 is 0 Å². The molecule has 0 aromatic carbocycles. The highest BCUT2D eigenvalue weighted by atomic mass is 35.5. The van der Waals surface area contributed by atoms with E-state index in [0.717, 1.165) is 6.42 Å². The van der Waals surface area contributed by atoms with Crippen LogP contribution in [0.25, 0.3) is 0 Å². The largest absolute Gasteiger partial charge is 0.382 e. The SMILES string of the molecule is COCC(CC(C)(C)CCl)OC. The number of ether oxygens (including phenoxy) is 2. The Morgan fingerprint density at radius 2 is 1.92 bits per heavy atom. The molecular formula is C9H19ClO2. The molecule has 3 heteroatoms. The molecule has 12 heavy (non-hydrogen) atoms. The first-order valence-electron chi connectivity index (χ1n) is 4.13. The number of halogens is 1. The third-order valence-electron chi connectivity index (χ3n) is 1.83. The van der Waals surface area contributed by atoms with E-state index in [0.29, 0.717) is 12.5 Å². The van der Waals surface area contributed by atoms with Crippen molar-refractivity contribution in [1.29, 1.82) is 0 Å². The third kappa shape index (κ3) is 4.96. The van der Waals surface area contributed by atoms with Crippen molar-refractivity contribution in [2.24, 2.45) is 5.41 Å². The predicted molar refractivity (Wildman–Crippen MR) is 51.8 cm³/mol. The Kier molecular flexibility index (Phi) is 5.89. The predicted octanol–water partition coefficient (Wildman–Crippen LogP) is 2.30. The number of rotatable bonds is 6. The van der Waals surface area contributed by atoms with E-state index >= 15 is 0 Å². The maximum absolute atomic E-state index is 5.80. The van der Waals surface area contributed by atoms with Gasteiger partial charge in [-0.05, 0) is 11.8 Å². The van der Waals surface area contributed by atoms with E-state index in [1.807, 2.05) is 0 Å². The molecule has 0 N–H and O–H groups in total. The molecule has 0 saturated heterocycles. The van der Waals surface area contributed by atoms with Gasteiger partial charge in [0.1, 0.15) is 0 Å². The van der Waals surface area contributed by atoms with Crippen LogP contribution in [0.4, 0.5) is 0 Å². The molecule has 0 heterocycles. The Bertz CT molecular complexity index is 115. The molecule has 0 fully saturated rings. The van der Waals surface area contributed by atoms with Gasteiger partial charge in [-0.1, -0.05) is 13.8 Å². The fourth-order valence-electron chi connectivity index (χ4n) is 1.07. The summed E-state index contributed by atoms with van der Waals surface area (Å²) in [5.74, 6) is 0.649. The Labute approximate surface area is 80.2 Å². The van der Waals surface area contributed by atoms with E-state index in [1.165, 1.54) is 0 Å². The van der Waals surface area contributed by atoms with Gasteiger partial charge in [-0.3, -0.25) is 0 Å². The quantitative estimate of drug-likeness (QED) is 0.605. The molecule has 0 aromatic rings. The second kappa shape index (κ2) is 5.79. The lowest BCUT2D eigenvalue weighted by Gasteiger charge is -2.26. The zero-order valence-electron chi connectivity index (χ0n) is 8.39. The summed E-state index contributed by atoms with van der Waals surface area (Å²) in [7, 11) is 3.38. The van der Waals surface area contributed by atoms with Gasteiger partial charge < -0.3 is 9.47 Å². The molecule has 0 aliphatic rings. The van der Waals surface area contributed by atoms with E-state index < -0.39 is 0 Å². The van der Waals surface area contributed by atoms with Crippen LogP contribution in [0.15, 0.2) is 0 Å². The third-order valence-corrected chi connectivity index (χ3v) is 2.55. The number of methoxy groups -OCH3 is 2. The van der Waals surface area contributed by atoms with Crippen molar-refractivity contribution in [3.05, 3.63) is 0 Å². The minimum absolute atomic E-state index is 0.126. The van der Waals surface area contributed by atoms with Crippen molar-refractivity contribution < 1.29 is 9.47 Å². The monoisotopic (exact) mass is 194 g/mol. The summed E-state index contributed by atoms with van der Waals surface area (Å²) in [5.41, 5.74) is 0.126. The first kappa shape index (κ1) is 12.2. The Morgan fingerprint density at radius 3 is 2.25 bits per heavy atom. The molecule has 0 rings (SSSR count). The standard InChI is InChI=1S/C9H19ClO2/c1-9(2,7-10)5-8(12-4)6-11-3/h8H,5-7H2,1-4H3. The van der Waals surface area contributed by atoms with Crippen LogP contribution in [0, 0.1) is 5.41 Å². The molecule has 0 spiro atoms. The molecule has 74 valence electrons. The van der Waals surface area contributed by atoms with E-state index in [9.17, 15) is 0 Å². The second-order valence-corrected chi connectivity index (χ2v) is 4.08. The summed E-state index contributed by atoms with van der Waals surface area (Å²) in [6.07, 6.45) is 1.09. The normalized spacial score (nSPS) is 14.8. The highest BCUT2D eigenvalue weighted by molar-refractivity contribution is 6.18. The summed E-state index contributed by atoms with van der Waals surface area (Å²) < 4.78 is 10.3. The van der Waals surface area contributed by atoms with Crippen molar-refractivity contribution in [3.8, 4) is 0 Å². The number of alkyl halides is 1. The minimum Gasteiger partial charge on any atom is -0.382 e. The number of hydrogen-bond acceptors (Lipinski definition) is 2. The maximum atomic E-state index is 5.80. The van der Waals surface area contributed by atoms with Gasteiger partial charge in [-0.2, -0.15) is 0 Å². The smallest absolute Gasteiger partial charge is 0.0810 e. The maximum Gasteiger partial charge on any atom is 0.0810 e. The van der Waals surface area contributed by atoms with Gasteiger partial charge in [0.05, 0.1) is 12.7 Å². The van der Waals surface area contributed by atoms with E-state index in [-0.39, 0.29) is 11.5 Å². The van der Waals surface area contributed by atoms with Crippen molar-refractivity contribution in [1.82, 2.24) is 0 Å². The molecule has 2 nitrogen and oxygen atoms in total. The van der Waals surface area contributed by atoms with Crippen molar-refractivity contribution in [2.45, 2.75) is 26.4 Å². The van der Waals surface area contributed by atoms with Crippen LogP contribution in [-0.2, 0) is 9.47 Å². The van der Waals surface area contributed by atoms with Gasteiger partial charge in [0, 0.05) is 20.1 Å². The average molecular weight is 195 g/mol. The molecule has 1 atom stereocenters. The van der Waals surface area contributed by atoms with Crippen LogP contribution in [0.3, 0.4) is 0 Å². The highest BCUT2D eigenvalue weighted by Gasteiger charge is 2.22. The molecular weight excluding hydrogens is 176 g/mol. The average Bonchev–Trinajstić information content (AvgIpc) is 2.03. The summed E-state index contributed by atoms with van der Waals surface area (Å²) >= 11 is 5.80. The molecule has 0 aromatic heterocycles. The Hall–Kier alpha value is 0.210.